The lowest BCUT2D eigenvalue weighted by Gasteiger charge is -2.28. The first kappa shape index (κ1) is 11.4. The molecule has 1 aromatic rings. The summed E-state index contributed by atoms with van der Waals surface area (Å²) >= 11 is 0. The fraction of sp³-hybridized carbons (Fsp3) is 0.538. The highest BCUT2D eigenvalue weighted by atomic mass is 16.5. The zero-order valence-electron chi connectivity index (χ0n) is 9.56. The molecule has 2 atom stereocenters. The number of benzene rings is 1. The van der Waals surface area contributed by atoms with E-state index in [2.05, 4.69) is 13.0 Å². The molecule has 0 aromatic heterocycles. The minimum atomic E-state index is -0.418. The maximum Gasteiger partial charge on any atom is 0.148 e. The van der Waals surface area contributed by atoms with Crippen LogP contribution in [0.25, 0.3) is 0 Å². The van der Waals surface area contributed by atoms with Crippen molar-refractivity contribution in [3.05, 3.63) is 29.8 Å². The first-order valence-corrected chi connectivity index (χ1v) is 5.81. The zero-order chi connectivity index (χ0) is 11.4. The molecule has 0 amide bonds. The van der Waals surface area contributed by atoms with Gasteiger partial charge in [0.1, 0.15) is 11.9 Å². The summed E-state index contributed by atoms with van der Waals surface area (Å²) < 4.78 is 11.0. The Labute approximate surface area is 96.0 Å². The smallest absolute Gasteiger partial charge is 0.148 e. The van der Waals surface area contributed by atoms with Crippen molar-refractivity contribution in [1.82, 2.24) is 0 Å². The molecular formula is C13H18O3. The standard InChI is InChI=1S/C13H18O3/c1-2-10-4-3-5-11(8-10)16-13-9-15-7-6-12(13)14/h3-5,8,12-14H,2,6-7,9H2,1H3. The number of aliphatic hydroxyl groups is 1. The van der Waals surface area contributed by atoms with Gasteiger partial charge in [0.25, 0.3) is 0 Å². The van der Waals surface area contributed by atoms with Gasteiger partial charge < -0.3 is 14.6 Å². The quantitative estimate of drug-likeness (QED) is 0.847. The number of hydrogen-bond donors (Lipinski definition) is 1. The van der Waals surface area contributed by atoms with Crippen LogP contribution in [0.2, 0.25) is 0 Å². The molecule has 1 N–H and O–H groups in total. The van der Waals surface area contributed by atoms with Gasteiger partial charge in [0.05, 0.1) is 12.7 Å². The molecule has 1 aliphatic rings. The lowest BCUT2D eigenvalue weighted by Crippen LogP contribution is -2.40. The van der Waals surface area contributed by atoms with Crippen LogP contribution in [0.5, 0.6) is 5.75 Å². The summed E-state index contributed by atoms with van der Waals surface area (Å²) in [5.41, 5.74) is 1.24. The SMILES string of the molecule is CCc1cccc(OC2COCCC2O)c1. The average Bonchev–Trinajstić information content (AvgIpc) is 2.32. The fourth-order valence-electron chi connectivity index (χ4n) is 1.83. The summed E-state index contributed by atoms with van der Waals surface area (Å²) in [6, 6.07) is 7.98. The first-order chi connectivity index (χ1) is 7.79. The van der Waals surface area contributed by atoms with Crippen LogP contribution in [0, 0.1) is 0 Å². The van der Waals surface area contributed by atoms with Gasteiger partial charge in [-0.15, -0.1) is 0 Å². The van der Waals surface area contributed by atoms with Crippen LogP contribution in [-0.4, -0.2) is 30.5 Å². The van der Waals surface area contributed by atoms with Gasteiger partial charge in [-0.2, -0.15) is 0 Å². The van der Waals surface area contributed by atoms with Crippen molar-refractivity contribution in [2.45, 2.75) is 32.0 Å². The van der Waals surface area contributed by atoms with Crippen LogP contribution in [0.4, 0.5) is 0 Å². The highest BCUT2D eigenvalue weighted by Crippen LogP contribution is 2.19. The zero-order valence-corrected chi connectivity index (χ0v) is 9.56. The molecule has 88 valence electrons. The molecule has 0 saturated carbocycles. The van der Waals surface area contributed by atoms with Gasteiger partial charge in [-0.25, -0.2) is 0 Å². The molecule has 1 aliphatic heterocycles. The Hall–Kier alpha value is -1.06. The molecule has 2 unspecified atom stereocenters. The predicted octanol–water partition coefficient (Wildman–Crippen LogP) is 1.78. The van der Waals surface area contributed by atoms with Crippen molar-refractivity contribution < 1.29 is 14.6 Å². The van der Waals surface area contributed by atoms with E-state index in [-0.39, 0.29) is 6.10 Å². The van der Waals surface area contributed by atoms with E-state index in [0.717, 1.165) is 12.2 Å². The molecule has 0 spiro atoms. The topological polar surface area (TPSA) is 38.7 Å². The van der Waals surface area contributed by atoms with E-state index < -0.39 is 6.10 Å². The Bertz CT molecular complexity index is 338. The minimum absolute atomic E-state index is 0.235. The maximum absolute atomic E-state index is 9.75. The number of ether oxygens (including phenoxy) is 2. The molecule has 3 nitrogen and oxygen atoms in total. The Kier molecular flexibility index (Phi) is 3.80. The Morgan fingerprint density at radius 2 is 2.38 bits per heavy atom. The van der Waals surface area contributed by atoms with Crippen molar-refractivity contribution in [2.75, 3.05) is 13.2 Å². The highest BCUT2D eigenvalue weighted by Gasteiger charge is 2.25. The summed E-state index contributed by atoms with van der Waals surface area (Å²) in [7, 11) is 0. The molecule has 16 heavy (non-hydrogen) atoms. The van der Waals surface area contributed by atoms with Crippen LogP contribution < -0.4 is 4.74 Å². The molecular weight excluding hydrogens is 204 g/mol. The number of hydrogen-bond acceptors (Lipinski definition) is 3. The predicted molar refractivity (Wildman–Crippen MR) is 61.7 cm³/mol. The minimum Gasteiger partial charge on any atom is -0.485 e. The molecule has 1 saturated heterocycles. The lowest BCUT2D eigenvalue weighted by atomic mass is 10.1. The molecule has 0 bridgehead atoms. The van der Waals surface area contributed by atoms with Crippen LogP contribution in [0.15, 0.2) is 24.3 Å². The summed E-state index contributed by atoms with van der Waals surface area (Å²) in [5, 5.41) is 9.75. The van der Waals surface area contributed by atoms with Crippen LogP contribution >= 0.6 is 0 Å². The van der Waals surface area contributed by atoms with Gasteiger partial charge >= 0.3 is 0 Å². The summed E-state index contributed by atoms with van der Waals surface area (Å²) in [4.78, 5) is 0. The molecule has 1 heterocycles. The van der Waals surface area contributed by atoms with Crippen LogP contribution in [0.3, 0.4) is 0 Å². The van der Waals surface area contributed by atoms with Gasteiger partial charge in [-0.1, -0.05) is 19.1 Å². The summed E-state index contributed by atoms with van der Waals surface area (Å²) in [6.45, 7) is 3.20. The monoisotopic (exact) mass is 222 g/mol. The van der Waals surface area contributed by atoms with Crippen molar-refractivity contribution in [3.63, 3.8) is 0 Å². The van der Waals surface area contributed by atoms with Gasteiger partial charge in [0.15, 0.2) is 0 Å². The molecule has 1 aromatic carbocycles. The molecule has 0 aliphatic carbocycles. The third-order valence-corrected chi connectivity index (χ3v) is 2.86. The highest BCUT2D eigenvalue weighted by molar-refractivity contribution is 5.28. The van der Waals surface area contributed by atoms with E-state index in [4.69, 9.17) is 9.47 Å². The second-order valence-corrected chi connectivity index (χ2v) is 4.09. The van der Waals surface area contributed by atoms with Gasteiger partial charge in [-0.05, 0) is 24.1 Å². The molecule has 2 rings (SSSR count). The van der Waals surface area contributed by atoms with Gasteiger partial charge in [0, 0.05) is 13.0 Å². The number of aryl methyl sites for hydroxylation is 1. The van der Waals surface area contributed by atoms with E-state index in [1.807, 2.05) is 18.2 Å². The van der Waals surface area contributed by atoms with Gasteiger partial charge in [0.2, 0.25) is 0 Å². The van der Waals surface area contributed by atoms with Gasteiger partial charge in [-0.3, -0.25) is 0 Å². The van der Waals surface area contributed by atoms with E-state index >= 15 is 0 Å². The Morgan fingerprint density at radius 3 is 3.12 bits per heavy atom. The van der Waals surface area contributed by atoms with Crippen molar-refractivity contribution in [3.8, 4) is 5.75 Å². The average molecular weight is 222 g/mol. The van der Waals surface area contributed by atoms with Crippen LogP contribution in [-0.2, 0) is 11.2 Å². The Balaban J connectivity index is 2.01. The van der Waals surface area contributed by atoms with Crippen molar-refractivity contribution in [2.24, 2.45) is 0 Å². The summed E-state index contributed by atoms with van der Waals surface area (Å²) in [5.74, 6) is 0.814. The van der Waals surface area contributed by atoms with E-state index in [9.17, 15) is 5.11 Å². The third kappa shape index (κ3) is 2.74. The Morgan fingerprint density at radius 1 is 1.50 bits per heavy atom. The molecule has 1 fully saturated rings. The lowest BCUT2D eigenvalue weighted by molar-refractivity contribution is -0.0735. The molecule has 0 radical (unpaired) electrons. The van der Waals surface area contributed by atoms with Crippen molar-refractivity contribution in [1.29, 1.82) is 0 Å². The largest absolute Gasteiger partial charge is 0.485 e. The molecule has 3 heteroatoms. The normalized spacial score (nSPS) is 25.4. The van der Waals surface area contributed by atoms with E-state index in [0.29, 0.717) is 19.6 Å². The first-order valence-electron chi connectivity index (χ1n) is 5.81. The fourth-order valence-corrected chi connectivity index (χ4v) is 1.83. The summed E-state index contributed by atoms with van der Waals surface area (Å²) in [6.07, 6.45) is 0.985. The number of aliphatic hydroxyl groups excluding tert-OH is 1. The van der Waals surface area contributed by atoms with E-state index in [1.165, 1.54) is 5.56 Å². The van der Waals surface area contributed by atoms with E-state index in [1.54, 1.807) is 0 Å². The second-order valence-electron chi connectivity index (χ2n) is 4.09. The van der Waals surface area contributed by atoms with Crippen molar-refractivity contribution >= 4 is 0 Å². The third-order valence-electron chi connectivity index (χ3n) is 2.86. The second kappa shape index (κ2) is 5.32. The van der Waals surface area contributed by atoms with Crippen LogP contribution in [0.1, 0.15) is 18.9 Å². The number of rotatable bonds is 3. The maximum atomic E-state index is 9.75.